The molecule has 0 radical (unpaired) electrons. The van der Waals surface area contributed by atoms with Crippen molar-refractivity contribution in [3.8, 4) is 0 Å². The number of alkyl halides is 3. The number of anilines is 1. The molecule has 4 N–H and O–H groups in total. The number of nitrogens with one attached hydrogen (secondary N) is 3. The smallest absolute Gasteiger partial charge is 0.337 e. The zero-order chi connectivity index (χ0) is 20.9. The number of carbonyl (C=O) groups excluding carboxylic acids is 1. The lowest BCUT2D eigenvalue weighted by atomic mass is 10.1. The number of carboxylic acids is 1. The Bertz CT molecular complexity index is 886. The van der Waals surface area contributed by atoms with Gasteiger partial charge in [0.2, 0.25) is 3.79 Å². The Morgan fingerprint density at radius 1 is 1.04 bits per heavy atom. The van der Waals surface area contributed by atoms with Crippen LogP contribution in [0.2, 0.25) is 0 Å². The SMILES string of the molecule is Cc1ccc(C(=O)N[C@H](NC(=S)Nc2ccccc2C(=O)O)C(Cl)(Cl)Cl)cc1. The molecule has 0 aliphatic heterocycles. The molecule has 10 heteroatoms. The summed E-state index contributed by atoms with van der Waals surface area (Å²) in [6.45, 7) is 1.90. The summed E-state index contributed by atoms with van der Waals surface area (Å²) in [4.78, 5) is 23.7. The van der Waals surface area contributed by atoms with E-state index in [2.05, 4.69) is 16.0 Å². The van der Waals surface area contributed by atoms with E-state index in [1.165, 1.54) is 12.1 Å². The standard InChI is InChI=1S/C18H16Cl3N3O3S/c1-10-6-8-11(9-7-10)14(25)23-16(18(19,20)21)24-17(28)22-13-5-3-2-4-12(13)15(26)27/h2-9,16H,1H3,(H,23,25)(H,26,27)(H2,22,24,28)/t16-/m1/s1. The number of aryl methyl sites for hydroxylation is 1. The number of thiocarbonyl (C=S) groups is 1. The van der Waals surface area contributed by atoms with Crippen LogP contribution >= 0.6 is 47.0 Å². The fraction of sp³-hybridized carbons (Fsp3) is 0.167. The van der Waals surface area contributed by atoms with Gasteiger partial charge in [-0.05, 0) is 43.4 Å². The highest BCUT2D eigenvalue weighted by atomic mass is 35.6. The maximum absolute atomic E-state index is 12.4. The number of rotatable bonds is 5. The van der Waals surface area contributed by atoms with E-state index in [1.54, 1.807) is 36.4 Å². The second-order valence-electron chi connectivity index (χ2n) is 5.76. The molecule has 1 atom stereocenters. The highest BCUT2D eigenvalue weighted by Crippen LogP contribution is 2.29. The van der Waals surface area contributed by atoms with Crippen molar-refractivity contribution < 1.29 is 14.7 Å². The third-order valence-electron chi connectivity index (χ3n) is 3.60. The lowest BCUT2D eigenvalue weighted by Gasteiger charge is -2.28. The molecular formula is C18H16Cl3N3O3S. The third-order valence-corrected chi connectivity index (χ3v) is 4.47. The molecular weight excluding hydrogens is 445 g/mol. The van der Waals surface area contributed by atoms with Crippen molar-refractivity contribution in [1.29, 1.82) is 0 Å². The topological polar surface area (TPSA) is 90.5 Å². The van der Waals surface area contributed by atoms with Gasteiger partial charge >= 0.3 is 5.97 Å². The van der Waals surface area contributed by atoms with Crippen LogP contribution in [0.5, 0.6) is 0 Å². The lowest BCUT2D eigenvalue weighted by molar-refractivity contribution is 0.0697. The molecule has 0 aliphatic carbocycles. The van der Waals surface area contributed by atoms with Crippen LogP contribution in [0.3, 0.4) is 0 Å². The van der Waals surface area contributed by atoms with Gasteiger partial charge in [0.25, 0.3) is 5.91 Å². The molecule has 148 valence electrons. The number of aromatic carboxylic acids is 1. The molecule has 6 nitrogen and oxygen atoms in total. The maximum atomic E-state index is 12.4. The molecule has 2 aromatic rings. The van der Waals surface area contributed by atoms with Crippen LogP contribution in [0, 0.1) is 6.92 Å². The monoisotopic (exact) mass is 459 g/mol. The predicted molar refractivity (Wildman–Crippen MR) is 115 cm³/mol. The van der Waals surface area contributed by atoms with E-state index in [-0.39, 0.29) is 16.4 Å². The molecule has 28 heavy (non-hydrogen) atoms. The van der Waals surface area contributed by atoms with Gasteiger partial charge < -0.3 is 21.1 Å². The van der Waals surface area contributed by atoms with Gasteiger partial charge in [0, 0.05) is 5.56 Å². The first-order valence-corrected chi connectivity index (χ1v) is 9.46. The van der Waals surface area contributed by atoms with Gasteiger partial charge in [-0.1, -0.05) is 64.6 Å². The van der Waals surface area contributed by atoms with Crippen LogP contribution in [-0.2, 0) is 0 Å². The van der Waals surface area contributed by atoms with Crippen LogP contribution in [0.4, 0.5) is 5.69 Å². The highest BCUT2D eigenvalue weighted by Gasteiger charge is 2.35. The van der Waals surface area contributed by atoms with Crippen LogP contribution in [0.1, 0.15) is 26.3 Å². The number of para-hydroxylation sites is 1. The Morgan fingerprint density at radius 3 is 2.21 bits per heavy atom. The van der Waals surface area contributed by atoms with E-state index in [0.29, 0.717) is 5.56 Å². The first-order chi connectivity index (χ1) is 13.1. The van der Waals surface area contributed by atoms with Gasteiger partial charge in [-0.15, -0.1) is 0 Å². The average Bonchev–Trinajstić information content (AvgIpc) is 2.61. The fourth-order valence-electron chi connectivity index (χ4n) is 2.19. The van der Waals surface area contributed by atoms with Crippen molar-refractivity contribution in [1.82, 2.24) is 10.6 Å². The molecule has 1 amide bonds. The van der Waals surface area contributed by atoms with Crippen LogP contribution in [-0.4, -0.2) is 32.1 Å². The number of hydrogen-bond acceptors (Lipinski definition) is 3. The van der Waals surface area contributed by atoms with Crippen molar-refractivity contribution in [2.45, 2.75) is 16.9 Å². The van der Waals surface area contributed by atoms with E-state index in [9.17, 15) is 14.7 Å². The van der Waals surface area contributed by atoms with Crippen LogP contribution in [0.25, 0.3) is 0 Å². The van der Waals surface area contributed by atoms with E-state index >= 15 is 0 Å². The van der Waals surface area contributed by atoms with Crippen molar-refractivity contribution in [2.24, 2.45) is 0 Å². The van der Waals surface area contributed by atoms with Crippen molar-refractivity contribution in [3.05, 3.63) is 65.2 Å². The number of amides is 1. The largest absolute Gasteiger partial charge is 0.478 e. The highest BCUT2D eigenvalue weighted by molar-refractivity contribution is 7.80. The Labute approximate surface area is 182 Å². The number of hydrogen-bond donors (Lipinski definition) is 4. The van der Waals surface area contributed by atoms with Gasteiger partial charge in [-0.2, -0.15) is 0 Å². The molecule has 0 saturated carbocycles. The van der Waals surface area contributed by atoms with Crippen molar-refractivity contribution >= 4 is 69.7 Å². The average molecular weight is 461 g/mol. The van der Waals surface area contributed by atoms with Crippen LogP contribution in [0.15, 0.2) is 48.5 Å². The fourth-order valence-corrected chi connectivity index (χ4v) is 2.74. The molecule has 0 aromatic heterocycles. The van der Waals surface area contributed by atoms with Gasteiger partial charge in [0.05, 0.1) is 11.3 Å². The number of carboxylic acid groups (broad SMARTS) is 1. The third kappa shape index (κ3) is 6.24. The van der Waals surface area contributed by atoms with Gasteiger partial charge in [-0.3, -0.25) is 4.79 Å². The van der Waals surface area contributed by atoms with Gasteiger partial charge in [0.1, 0.15) is 6.17 Å². The number of halogens is 3. The molecule has 0 aliphatic rings. The molecule has 2 aromatic carbocycles. The van der Waals surface area contributed by atoms with E-state index < -0.39 is 21.8 Å². The molecule has 0 saturated heterocycles. The van der Waals surface area contributed by atoms with Crippen molar-refractivity contribution in [3.63, 3.8) is 0 Å². The summed E-state index contributed by atoms with van der Waals surface area (Å²) in [6.07, 6.45) is -1.18. The second kappa shape index (κ2) is 9.43. The van der Waals surface area contributed by atoms with Crippen LogP contribution < -0.4 is 16.0 Å². The van der Waals surface area contributed by atoms with E-state index in [1.807, 2.05) is 6.92 Å². The Balaban J connectivity index is 2.12. The summed E-state index contributed by atoms with van der Waals surface area (Å²) in [5, 5.41) is 17.2. The molecule has 0 fully saturated rings. The van der Waals surface area contributed by atoms with Crippen molar-refractivity contribution in [2.75, 3.05) is 5.32 Å². The van der Waals surface area contributed by atoms with E-state index in [0.717, 1.165) is 5.56 Å². The minimum absolute atomic E-state index is 0.0146. The first-order valence-electron chi connectivity index (χ1n) is 7.92. The first kappa shape index (κ1) is 22.2. The Morgan fingerprint density at radius 2 is 1.64 bits per heavy atom. The molecule has 0 spiro atoms. The summed E-state index contributed by atoms with van der Waals surface area (Å²) in [5.74, 6) is -1.60. The zero-order valence-corrected chi connectivity index (χ0v) is 17.6. The van der Waals surface area contributed by atoms with E-state index in [4.69, 9.17) is 47.0 Å². The quantitative estimate of drug-likeness (QED) is 0.305. The number of carbonyl (C=O) groups is 2. The van der Waals surface area contributed by atoms with Gasteiger partial charge in [-0.25, -0.2) is 4.79 Å². The Hall–Kier alpha value is -2.06. The molecule has 0 heterocycles. The molecule has 2 rings (SSSR count). The molecule has 0 bridgehead atoms. The predicted octanol–water partition coefficient (Wildman–Crippen LogP) is 4.11. The zero-order valence-electron chi connectivity index (χ0n) is 14.5. The Kier molecular flexibility index (Phi) is 7.48. The lowest BCUT2D eigenvalue weighted by Crippen LogP contribution is -2.56. The van der Waals surface area contributed by atoms with Gasteiger partial charge in [0.15, 0.2) is 5.11 Å². The number of benzene rings is 2. The summed E-state index contributed by atoms with van der Waals surface area (Å²) in [7, 11) is 0. The summed E-state index contributed by atoms with van der Waals surface area (Å²) >= 11 is 23.0. The second-order valence-corrected chi connectivity index (χ2v) is 8.54. The minimum Gasteiger partial charge on any atom is -0.478 e. The summed E-state index contributed by atoms with van der Waals surface area (Å²) in [6, 6.07) is 13.0. The minimum atomic E-state index is -1.93. The summed E-state index contributed by atoms with van der Waals surface area (Å²) < 4.78 is -1.93. The molecule has 0 unspecified atom stereocenters. The normalized spacial score (nSPS) is 12.0. The summed E-state index contributed by atoms with van der Waals surface area (Å²) in [5.41, 5.74) is 1.64. The maximum Gasteiger partial charge on any atom is 0.337 e.